The van der Waals surface area contributed by atoms with Crippen molar-refractivity contribution in [2.45, 2.75) is 0 Å². The number of aryl methyl sites for hydroxylation is 1. The molecule has 0 saturated heterocycles. The highest BCUT2D eigenvalue weighted by Gasteiger charge is 2.03. The quantitative estimate of drug-likeness (QED) is 0.639. The molecule has 0 fully saturated rings. The van der Waals surface area contributed by atoms with Gasteiger partial charge in [-0.15, -0.1) is 10.2 Å². The van der Waals surface area contributed by atoms with Crippen molar-refractivity contribution in [2.75, 3.05) is 5.73 Å². The van der Waals surface area contributed by atoms with Gasteiger partial charge >= 0.3 is 0 Å². The maximum absolute atomic E-state index is 5.62. The normalized spacial score (nSPS) is 10.2. The van der Waals surface area contributed by atoms with Gasteiger partial charge in [-0.25, -0.2) is 0 Å². The van der Waals surface area contributed by atoms with Crippen molar-refractivity contribution in [3.05, 3.63) is 24.3 Å². The number of tetrazole rings is 1. The highest BCUT2D eigenvalue weighted by atomic mass is 15.6. The Morgan fingerprint density at radius 1 is 1.38 bits per heavy atom. The van der Waals surface area contributed by atoms with Gasteiger partial charge in [0, 0.05) is 11.3 Å². The van der Waals surface area contributed by atoms with E-state index < -0.39 is 0 Å². The second-order valence-electron chi connectivity index (χ2n) is 2.73. The maximum Gasteiger partial charge on any atom is 0.204 e. The lowest BCUT2D eigenvalue weighted by Crippen LogP contribution is -1.92. The molecule has 13 heavy (non-hydrogen) atoms. The summed E-state index contributed by atoms with van der Waals surface area (Å²) in [6.45, 7) is 0. The summed E-state index contributed by atoms with van der Waals surface area (Å²) >= 11 is 0. The summed E-state index contributed by atoms with van der Waals surface area (Å²) in [6.07, 6.45) is 0. The summed E-state index contributed by atoms with van der Waals surface area (Å²) in [5.74, 6) is 0.592. The molecule has 0 radical (unpaired) electrons. The minimum Gasteiger partial charge on any atom is -0.399 e. The molecule has 5 heteroatoms. The molecule has 0 saturated carbocycles. The SMILES string of the molecule is Cn1nnc(-c2cccc(N)c2)n1. The van der Waals surface area contributed by atoms with E-state index in [4.69, 9.17) is 5.73 Å². The van der Waals surface area contributed by atoms with Crippen molar-refractivity contribution < 1.29 is 0 Å². The summed E-state index contributed by atoms with van der Waals surface area (Å²) in [5, 5.41) is 11.7. The van der Waals surface area contributed by atoms with Crippen LogP contribution in [0.2, 0.25) is 0 Å². The van der Waals surface area contributed by atoms with Crippen molar-refractivity contribution in [1.82, 2.24) is 20.2 Å². The van der Waals surface area contributed by atoms with E-state index in [1.165, 1.54) is 4.80 Å². The smallest absolute Gasteiger partial charge is 0.204 e. The highest BCUT2D eigenvalue weighted by Crippen LogP contribution is 2.15. The van der Waals surface area contributed by atoms with Gasteiger partial charge in [0.2, 0.25) is 5.82 Å². The van der Waals surface area contributed by atoms with Gasteiger partial charge in [-0.2, -0.15) is 4.80 Å². The molecule has 1 heterocycles. The Hall–Kier alpha value is -1.91. The topological polar surface area (TPSA) is 69.6 Å². The van der Waals surface area contributed by atoms with Gasteiger partial charge in [0.1, 0.15) is 0 Å². The minimum absolute atomic E-state index is 0.592. The van der Waals surface area contributed by atoms with Crippen LogP contribution in [0.4, 0.5) is 5.69 Å². The van der Waals surface area contributed by atoms with E-state index in [1.54, 1.807) is 7.05 Å². The molecule has 0 unspecified atom stereocenters. The second kappa shape index (κ2) is 2.85. The average molecular weight is 175 g/mol. The van der Waals surface area contributed by atoms with E-state index in [-0.39, 0.29) is 0 Å². The molecule has 2 rings (SSSR count). The van der Waals surface area contributed by atoms with Gasteiger partial charge in [-0.05, 0) is 17.3 Å². The average Bonchev–Trinajstić information content (AvgIpc) is 2.52. The van der Waals surface area contributed by atoms with Crippen molar-refractivity contribution in [1.29, 1.82) is 0 Å². The Morgan fingerprint density at radius 3 is 2.85 bits per heavy atom. The third-order valence-electron chi connectivity index (χ3n) is 1.65. The lowest BCUT2D eigenvalue weighted by molar-refractivity contribution is 0.630. The van der Waals surface area contributed by atoms with E-state index in [0.717, 1.165) is 5.56 Å². The fourth-order valence-electron chi connectivity index (χ4n) is 1.08. The van der Waals surface area contributed by atoms with Crippen LogP contribution in [0, 0.1) is 0 Å². The Morgan fingerprint density at radius 2 is 2.23 bits per heavy atom. The summed E-state index contributed by atoms with van der Waals surface area (Å²) in [5.41, 5.74) is 7.20. The van der Waals surface area contributed by atoms with Gasteiger partial charge in [0.15, 0.2) is 0 Å². The van der Waals surface area contributed by atoms with Crippen LogP contribution in [0.3, 0.4) is 0 Å². The number of nitrogen functional groups attached to an aromatic ring is 1. The minimum atomic E-state index is 0.592. The van der Waals surface area contributed by atoms with Gasteiger partial charge in [0.25, 0.3) is 0 Å². The van der Waals surface area contributed by atoms with Crippen molar-refractivity contribution in [3.63, 3.8) is 0 Å². The Kier molecular flexibility index (Phi) is 1.70. The molecular formula is C8H9N5. The molecule has 0 aliphatic rings. The van der Waals surface area contributed by atoms with Crippen LogP contribution in [0.1, 0.15) is 0 Å². The molecule has 1 aromatic carbocycles. The lowest BCUT2D eigenvalue weighted by Gasteiger charge is -1.95. The monoisotopic (exact) mass is 175 g/mol. The number of benzene rings is 1. The highest BCUT2D eigenvalue weighted by molar-refractivity contribution is 5.60. The molecule has 0 bridgehead atoms. The molecule has 66 valence electrons. The summed E-state index contributed by atoms with van der Waals surface area (Å²) in [4.78, 5) is 1.42. The number of hydrogen-bond donors (Lipinski definition) is 1. The third-order valence-corrected chi connectivity index (χ3v) is 1.65. The van der Waals surface area contributed by atoms with Crippen LogP contribution in [-0.2, 0) is 7.05 Å². The van der Waals surface area contributed by atoms with Crippen LogP contribution in [-0.4, -0.2) is 20.2 Å². The fourth-order valence-corrected chi connectivity index (χ4v) is 1.08. The Bertz CT molecular complexity index is 420. The van der Waals surface area contributed by atoms with E-state index in [1.807, 2.05) is 24.3 Å². The van der Waals surface area contributed by atoms with Crippen LogP contribution < -0.4 is 5.73 Å². The number of anilines is 1. The number of hydrogen-bond acceptors (Lipinski definition) is 4. The summed E-state index contributed by atoms with van der Waals surface area (Å²) in [6, 6.07) is 7.39. The zero-order valence-electron chi connectivity index (χ0n) is 7.18. The standard InChI is InChI=1S/C8H9N5/c1-13-11-8(10-12-13)6-3-2-4-7(9)5-6/h2-5H,9H2,1H3. The predicted octanol–water partition coefficient (Wildman–Crippen LogP) is 0.459. The first-order valence-corrected chi connectivity index (χ1v) is 3.85. The molecule has 2 aromatic rings. The molecule has 5 nitrogen and oxygen atoms in total. The zero-order valence-corrected chi connectivity index (χ0v) is 7.18. The molecule has 1 aromatic heterocycles. The lowest BCUT2D eigenvalue weighted by atomic mass is 10.2. The van der Waals surface area contributed by atoms with Crippen LogP contribution in [0.5, 0.6) is 0 Å². The van der Waals surface area contributed by atoms with E-state index in [0.29, 0.717) is 11.5 Å². The first kappa shape index (κ1) is 7.72. The van der Waals surface area contributed by atoms with Gasteiger partial charge in [-0.1, -0.05) is 12.1 Å². The number of aromatic nitrogens is 4. The van der Waals surface area contributed by atoms with Gasteiger partial charge < -0.3 is 5.73 Å². The van der Waals surface area contributed by atoms with Gasteiger partial charge in [-0.3, -0.25) is 0 Å². The predicted molar refractivity (Wildman–Crippen MR) is 48.6 cm³/mol. The van der Waals surface area contributed by atoms with E-state index in [2.05, 4.69) is 15.4 Å². The first-order chi connectivity index (χ1) is 6.25. The van der Waals surface area contributed by atoms with E-state index in [9.17, 15) is 0 Å². The third kappa shape index (κ3) is 1.48. The fraction of sp³-hybridized carbons (Fsp3) is 0.125. The molecular weight excluding hydrogens is 166 g/mol. The molecule has 0 amide bonds. The molecule has 2 N–H and O–H groups in total. The zero-order chi connectivity index (χ0) is 9.26. The first-order valence-electron chi connectivity index (χ1n) is 3.85. The van der Waals surface area contributed by atoms with Crippen LogP contribution in [0.15, 0.2) is 24.3 Å². The van der Waals surface area contributed by atoms with Crippen LogP contribution in [0.25, 0.3) is 11.4 Å². The largest absolute Gasteiger partial charge is 0.399 e. The van der Waals surface area contributed by atoms with Crippen molar-refractivity contribution >= 4 is 5.69 Å². The number of nitrogens with zero attached hydrogens (tertiary/aromatic N) is 4. The molecule has 0 aliphatic carbocycles. The summed E-state index contributed by atoms with van der Waals surface area (Å²) in [7, 11) is 1.72. The summed E-state index contributed by atoms with van der Waals surface area (Å²) < 4.78 is 0. The van der Waals surface area contributed by atoms with Crippen molar-refractivity contribution in [2.24, 2.45) is 7.05 Å². The van der Waals surface area contributed by atoms with E-state index >= 15 is 0 Å². The number of rotatable bonds is 1. The second-order valence-corrected chi connectivity index (χ2v) is 2.73. The molecule has 0 atom stereocenters. The van der Waals surface area contributed by atoms with Crippen molar-refractivity contribution in [3.8, 4) is 11.4 Å². The number of nitrogens with two attached hydrogens (primary N) is 1. The Labute approximate surface area is 75.2 Å². The van der Waals surface area contributed by atoms with Gasteiger partial charge in [0.05, 0.1) is 7.05 Å². The molecule has 0 spiro atoms. The Balaban J connectivity index is 2.46. The van der Waals surface area contributed by atoms with Crippen LogP contribution >= 0.6 is 0 Å². The molecule has 0 aliphatic heterocycles. The maximum atomic E-state index is 5.62.